The van der Waals surface area contributed by atoms with Gasteiger partial charge in [0.15, 0.2) is 0 Å². The molecule has 1 aromatic heterocycles. The van der Waals surface area contributed by atoms with Gasteiger partial charge >= 0.3 is 5.97 Å². The molecule has 0 aromatic carbocycles. The summed E-state index contributed by atoms with van der Waals surface area (Å²) in [5.41, 5.74) is 1.68. The molecule has 0 aliphatic carbocycles. The quantitative estimate of drug-likeness (QED) is 0.399. The largest absolute Gasteiger partial charge is 0.461 e. The van der Waals surface area contributed by atoms with Crippen LogP contribution in [0, 0.1) is 6.92 Å². The third-order valence-electron chi connectivity index (χ3n) is 2.94. The molecule has 0 aliphatic heterocycles. The van der Waals surface area contributed by atoms with E-state index < -0.39 is 0 Å². The van der Waals surface area contributed by atoms with Crippen molar-refractivity contribution in [3.8, 4) is 0 Å². The van der Waals surface area contributed by atoms with Crippen LogP contribution in [0.4, 0.5) is 0 Å². The summed E-state index contributed by atoms with van der Waals surface area (Å²) in [5.74, 6) is -0.217. The van der Waals surface area contributed by atoms with Gasteiger partial charge in [-0.15, -0.1) is 6.58 Å². The van der Waals surface area contributed by atoms with E-state index in [1.165, 1.54) is 6.42 Å². The molecule has 3 nitrogen and oxygen atoms in total. The van der Waals surface area contributed by atoms with Crippen LogP contribution in [-0.4, -0.2) is 17.1 Å². The minimum absolute atomic E-state index is 0.217. The van der Waals surface area contributed by atoms with Gasteiger partial charge in [0.1, 0.15) is 5.69 Å². The summed E-state index contributed by atoms with van der Waals surface area (Å²) < 4.78 is 7.08. The van der Waals surface area contributed by atoms with Crippen molar-refractivity contribution in [3.63, 3.8) is 0 Å². The second-order valence-electron chi connectivity index (χ2n) is 4.40. The molecule has 0 radical (unpaired) electrons. The third kappa shape index (κ3) is 4.06. The molecule has 0 aliphatic rings. The van der Waals surface area contributed by atoms with Crippen molar-refractivity contribution in [2.45, 2.75) is 46.1 Å². The zero-order valence-corrected chi connectivity index (χ0v) is 11.4. The predicted octanol–water partition coefficient (Wildman–Crippen LogP) is 3.72. The Morgan fingerprint density at radius 1 is 1.44 bits per heavy atom. The van der Waals surface area contributed by atoms with E-state index in [-0.39, 0.29) is 5.97 Å². The van der Waals surface area contributed by atoms with Crippen LogP contribution in [0.15, 0.2) is 24.9 Å². The molecule has 0 saturated heterocycles. The number of carbonyl (C=O) groups excluding carboxylic acids is 1. The summed E-state index contributed by atoms with van der Waals surface area (Å²) in [6, 6.07) is 1.97. The maximum absolute atomic E-state index is 11.8. The Morgan fingerprint density at radius 3 is 2.89 bits per heavy atom. The SMILES string of the molecule is C=CCCCCCn1ccc(C)c1C(=O)OCC. The maximum Gasteiger partial charge on any atom is 0.355 e. The molecule has 0 atom stereocenters. The lowest BCUT2D eigenvalue weighted by Gasteiger charge is -2.09. The van der Waals surface area contributed by atoms with Crippen molar-refractivity contribution in [2.75, 3.05) is 6.61 Å². The van der Waals surface area contributed by atoms with E-state index in [0.717, 1.165) is 31.4 Å². The number of carbonyl (C=O) groups is 1. The average molecular weight is 249 g/mol. The van der Waals surface area contributed by atoms with E-state index in [2.05, 4.69) is 6.58 Å². The van der Waals surface area contributed by atoms with E-state index in [4.69, 9.17) is 4.74 Å². The highest BCUT2D eigenvalue weighted by molar-refractivity contribution is 5.89. The molecule has 1 rings (SSSR count). The second kappa shape index (κ2) is 7.75. The first-order chi connectivity index (χ1) is 8.70. The summed E-state index contributed by atoms with van der Waals surface area (Å²) >= 11 is 0. The van der Waals surface area contributed by atoms with Crippen LogP contribution in [0.2, 0.25) is 0 Å². The zero-order valence-electron chi connectivity index (χ0n) is 11.4. The van der Waals surface area contributed by atoms with Gasteiger partial charge in [-0.05, 0) is 44.7 Å². The molecule has 3 heteroatoms. The number of hydrogen-bond acceptors (Lipinski definition) is 2. The molecule has 100 valence electrons. The first kappa shape index (κ1) is 14.6. The molecule has 0 saturated carbocycles. The zero-order chi connectivity index (χ0) is 13.4. The van der Waals surface area contributed by atoms with Crippen molar-refractivity contribution >= 4 is 5.97 Å². The molecule has 0 spiro atoms. The molecule has 0 unspecified atom stereocenters. The molecule has 0 amide bonds. The van der Waals surface area contributed by atoms with E-state index in [9.17, 15) is 4.79 Å². The van der Waals surface area contributed by atoms with Crippen molar-refractivity contribution in [3.05, 3.63) is 36.2 Å². The summed E-state index contributed by atoms with van der Waals surface area (Å²) in [6.45, 7) is 8.78. The second-order valence-corrected chi connectivity index (χ2v) is 4.40. The van der Waals surface area contributed by atoms with Gasteiger partial charge in [0, 0.05) is 12.7 Å². The van der Waals surface area contributed by atoms with Crippen LogP contribution in [-0.2, 0) is 11.3 Å². The summed E-state index contributed by atoms with van der Waals surface area (Å²) in [4.78, 5) is 11.8. The lowest BCUT2D eigenvalue weighted by atomic mass is 10.2. The molecule has 0 fully saturated rings. The Balaban J connectivity index is 2.55. The summed E-state index contributed by atoms with van der Waals surface area (Å²) in [7, 11) is 0. The fraction of sp³-hybridized carbons (Fsp3) is 0.533. The Morgan fingerprint density at radius 2 is 2.22 bits per heavy atom. The maximum atomic E-state index is 11.8. The van der Waals surface area contributed by atoms with E-state index in [1.54, 1.807) is 0 Å². The predicted molar refractivity (Wildman–Crippen MR) is 73.8 cm³/mol. The average Bonchev–Trinajstić information content (AvgIpc) is 2.71. The van der Waals surface area contributed by atoms with Crippen LogP contribution < -0.4 is 0 Å². The number of unbranched alkanes of at least 4 members (excludes halogenated alkanes) is 3. The normalized spacial score (nSPS) is 10.3. The number of aryl methyl sites for hydroxylation is 2. The molecule has 18 heavy (non-hydrogen) atoms. The van der Waals surface area contributed by atoms with Gasteiger partial charge in [0.25, 0.3) is 0 Å². The Kier molecular flexibility index (Phi) is 6.26. The van der Waals surface area contributed by atoms with Gasteiger partial charge in [-0.3, -0.25) is 0 Å². The third-order valence-corrected chi connectivity index (χ3v) is 2.94. The highest BCUT2D eigenvalue weighted by Gasteiger charge is 2.15. The van der Waals surface area contributed by atoms with E-state index in [0.29, 0.717) is 12.3 Å². The van der Waals surface area contributed by atoms with Crippen LogP contribution in [0.1, 0.15) is 48.7 Å². The van der Waals surface area contributed by atoms with E-state index >= 15 is 0 Å². The minimum Gasteiger partial charge on any atom is -0.461 e. The molecule has 1 heterocycles. The standard InChI is InChI=1S/C15H23NO2/c1-4-6-7-8-9-11-16-12-10-13(3)14(16)15(17)18-5-2/h4,10,12H,1,5-9,11H2,2-3H3. The number of allylic oxidation sites excluding steroid dienone is 1. The monoisotopic (exact) mass is 249 g/mol. The van der Waals surface area contributed by atoms with Crippen molar-refractivity contribution in [2.24, 2.45) is 0 Å². The molecule has 0 N–H and O–H groups in total. The Labute approximate surface area is 109 Å². The topological polar surface area (TPSA) is 31.2 Å². The first-order valence-corrected chi connectivity index (χ1v) is 6.64. The number of nitrogens with zero attached hydrogens (tertiary/aromatic N) is 1. The highest BCUT2D eigenvalue weighted by atomic mass is 16.5. The molecule has 0 bridgehead atoms. The van der Waals surface area contributed by atoms with Crippen LogP contribution in [0.5, 0.6) is 0 Å². The van der Waals surface area contributed by atoms with E-state index in [1.807, 2.05) is 36.8 Å². The number of hydrogen-bond donors (Lipinski definition) is 0. The van der Waals surface area contributed by atoms with Gasteiger partial charge in [-0.2, -0.15) is 0 Å². The molecular formula is C15H23NO2. The lowest BCUT2D eigenvalue weighted by Crippen LogP contribution is -2.13. The number of aromatic nitrogens is 1. The van der Waals surface area contributed by atoms with Gasteiger partial charge in [-0.1, -0.05) is 12.5 Å². The Hall–Kier alpha value is -1.51. The molecule has 1 aromatic rings. The van der Waals surface area contributed by atoms with Crippen molar-refractivity contribution < 1.29 is 9.53 Å². The van der Waals surface area contributed by atoms with Gasteiger partial charge in [-0.25, -0.2) is 4.79 Å². The number of esters is 1. The number of rotatable bonds is 8. The van der Waals surface area contributed by atoms with Crippen molar-refractivity contribution in [1.82, 2.24) is 4.57 Å². The van der Waals surface area contributed by atoms with Gasteiger partial charge < -0.3 is 9.30 Å². The number of ether oxygens (including phenoxy) is 1. The minimum atomic E-state index is -0.217. The summed E-state index contributed by atoms with van der Waals surface area (Å²) in [5, 5.41) is 0. The van der Waals surface area contributed by atoms with Crippen LogP contribution >= 0.6 is 0 Å². The Bertz CT molecular complexity index is 393. The van der Waals surface area contributed by atoms with Crippen LogP contribution in [0.25, 0.3) is 0 Å². The lowest BCUT2D eigenvalue weighted by molar-refractivity contribution is 0.0512. The van der Waals surface area contributed by atoms with Gasteiger partial charge in [0.2, 0.25) is 0 Å². The molecular weight excluding hydrogens is 226 g/mol. The van der Waals surface area contributed by atoms with Crippen molar-refractivity contribution in [1.29, 1.82) is 0 Å². The highest BCUT2D eigenvalue weighted by Crippen LogP contribution is 2.13. The fourth-order valence-corrected chi connectivity index (χ4v) is 1.99. The smallest absolute Gasteiger partial charge is 0.355 e. The van der Waals surface area contributed by atoms with Gasteiger partial charge in [0.05, 0.1) is 6.61 Å². The summed E-state index contributed by atoms with van der Waals surface area (Å²) in [6.07, 6.45) is 8.38. The fourth-order valence-electron chi connectivity index (χ4n) is 1.99. The van der Waals surface area contributed by atoms with Crippen LogP contribution in [0.3, 0.4) is 0 Å². The first-order valence-electron chi connectivity index (χ1n) is 6.64.